The van der Waals surface area contributed by atoms with Crippen molar-refractivity contribution >= 4 is 23.2 Å². The first kappa shape index (κ1) is 15.0. The summed E-state index contributed by atoms with van der Waals surface area (Å²) in [6.07, 6.45) is 4.50. The van der Waals surface area contributed by atoms with Crippen LogP contribution in [0.5, 0.6) is 5.75 Å². The molecule has 0 heterocycles. The zero-order chi connectivity index (χ0) is 14.7. The molecular weight excluding hydrogens is 270 g/mol. The maximum atomic E-state index is 12.0. The van der Waals surface area contributed by atoms with Gasteiger partial charge < -0.3 is 9.64 Å². The molecule has 0 atom stereocenters. The van der Waals surface area contributed by atoms with Gasteiger partial charge >= 0.3 is 0 Å². The Morgan fingerprint density at radius 2 is 2.10 bits per heavy atom. The van der Waals surface area contributed by atoms with E-state index in [-0.39, 0.29) is 5.78 Å². The number of nitrogens with zero attached hydrogens (tertiary/aromatic N) is 1. The highest BCUT2D eigenvalue weighted by Crippen LogP contribution is 2.32. The smallest absolute Gasteiger partial charge is 0.264 e. The third-order valence-corrected chi connectivity index (χ3v) is 4.03. The molecule has 0 amide bonds. The molecule has 0 aliphatic heterocycles. The molecule has 1 aromatic carbocycles. The molecule has 0 saturated heterocycles. The molecule has 0 spiro atoms. The zero-order valence-corrected chi connectivity index (χ0v) is 13.2. The van der Waals surface area contributed by atoms with Gasteiger partial charge in [0.25, 0.3) is 5.17 Å². The van der Waals surface area contributed by atoms with Crippen LogP contribution in [0.3, 0.4) is 0 Å². The summed E-state index contributed by atoms with van der Waals surface area (Å²) in [6, 6.07) is 3.78. The van der Waals surface area contributed by atoms with Crippen LogP contribution in [0.25, 0.3) is 0 Å². The summed E-state index contributed by atoms with van der Waals surface area (Å²) < 4.78 is 5.81. The molecule has 0 radical (unpaired) electrons. The molecule has 20 heavy (non-hydrogen) atoms. The number of hydrogen-bond donors (Lipinski definition) is 0. The molecule has 1 aliphatic rings. The molecule has 3 nitrogen and oxygen atoms in total. The summed E-state index contributed by atoms with van der Waals surface area (Å²) in [7, 11) is 3.73. The van der Waals surface area contributed by atoms with Crippen molar-refractivity contribution in [3.05, 3.63) is 28.8 Å². The Balaban J connectivity index is 2.42. The molecule has 108 valence electrons. The molecule has 4 heteroatoms. The monoisotopic (exact) mass is 291 g/mol. The summed E-state index contributed by atoms with van der Waals surface area (Å²) in [6.45, 7) is 2.14. The second-order valence-electron chi connectivity index (χ2n) is 5.36. The molecule has 1 aliphatic carbocycles. The van der Waals surface area contributed by atoms with E-state index in [0.29, 0.717) is 11.6 Å². The fourth-order valence-electron chi connectivity index (χ4n) is 2.58. The van der Waals surface area contributed by atoms with E-state index in [9.17, 15) is 4.79 Å². The predicted octanol–water partition coefficient (Wildman–Crippen LogP) is 3.38. The van der Waals surface area contributed by atoms with Crippen LogP contribution in [-0.2, 0) is 12.8 Å². The van der Waals surface area contributed by atoms with Gasteiger partial charge in [-0.25, -0.2) is 0 Å². The summed E-state index contributed by atoms with van der Waals surface area (Å²) in [5.74, 6) is 1.06. The predicted molar refractivity (Wildman–Crippen MR) is 84.6 cm³/mol. The molecule has 2 rings (SSSR count). The lowest BCUT2D eigenvalue weighted by Gasteiger charge is -2.22. The molecule has 0 bridgehead atoms. The minimum atomic E-state index is 0.255. The maximum Gasteiger partial charge on any atom is 0.264 e. The van der Waals surface area contributed by atoms with E-state index in [1.807, 2.05) is 26.2 Å². The van der Waals surface area contributed by atoms with E-state index in [2.05, 4.69) is 6.92 Å². The first-order chi connectivity index (χ1) is 9.54. The van der Waals surface area contributed by atoms with E-state index in [0.717, 1.165) is 42.6 Å². The van der Waals surface area contributed by atoms with Crippen LogP contribution in [0.15, 0.2) is 12.1 Å². The second kappa shape index (κ2) is 6.35. The highest BCUT2D eigenvalue weighted by atomic mass is 32.1. The Kier molecular flexibility index (Phi) is 4.76. The van der Waals surface area contributed by atoms with Gasteiger partial charge in [-0.05, 0) is 54.7 Å². The minimum absolute atomic E-state index is 0.255. The molecule has 0 unspecified atom stereocenters. The number of thiocarbonyl (C=S) groups is 1. The van der Waals surface area contributed by atoms with E-state index in [1.165, 1.54) is 5.56 Å². The van der Waals surface area contributed by atoms with Crippen LogP contribution in [0, 0.1) is 0 Å². The van der Waals surface area contributed by atoms with Gasteiger partial charge in [0, 0.05) is 26.1 Å². The number of ketones is 1. The van der Waals surface area contributed by atoms with E-state index in [4.69, 9.17) is 17.0 Å². The Morgan fingerprint density at radius 3 is 2.75 bits per heavy atom. The average Bonchev–Trinajstić information content (AvgIpc) is 2.41. The lowest BCUT2D eigenvalue weighted by atomic mass is 9.85. The largest absolute Gasteiger partial charge is 0.431 e. The van der Waals surface area contributed by atoms with Crippen LogP contribution in [-0.4, -0.2) is 30.0 Å². The molecular formula is C16H21NO2S. The highest BCUT2D eigenvalue weighted by Gasteiger charge is 2.22. The first-order valence-corrected chi connectivity index (χ1v) is 7.52. The van der Waals surface area contributed by atoms with Crippen LogP contribution in [0.1, 0.15) is 47.7 Å². The summed E-state index contributed by atoms with van der Waals surface area (Å²) in [5, 5.41) is 0.449. The standard InChI is InChI=1S/C16H21NO2S/c1-4-6-13-11-7-5-8-14(18)12(11)9-10-15(13)19-16(20)17(2)3/h9-10H,4-8H2,1-3H3. The van der Waals surface area contributed by atoms with E-state index in [1.54, 1.807) is 4.90 Å². The zero-order valence-electron chi connectivity index (χ0n) is 12.4. The van der Waals surface area contributed by atoms with Crippen molar-refractivity contribution in [1.82, 2.24) is 4.90 Å². The Labute approximate surface area is 125 Å². The Morgan fingerprint density at radius 1 is 1.35 bits per heavy atom. The number of carbonyl (C=O) groups excluding carboxylic acids is 1. The van der Waals surface area contributed by atoms with Gasteiger partial charge in [-0.2, -0.15) is 0 Å². The normalized spacial score (nSPS) is 13.8. The average molecular weight is 291 g/mol. The van der Waals surface area contributed by atoms with Crippen molar-refractivity contribution in [2.45, 2.75) is 39.0 Å². The van der Waals surface area contributed by atoms with E-state index < -0.39 is 0 Å². The number of benzene rings is 1. The Hall–Kier alpha value is -1.42. The lowest BCUT2D eigenvalue weighted by Crippen LogP contribution is -2.26. The number of fused-ring (bicyclic) bond motifs is 1. The van der Waals surface area contributed by atoms with Crippen LogP contribution in [0.2, 0.25) is 0 Å². The SMILES string of the molecule is CCCc1c(OC(=S)N(C)C)ccc2c1CCCC2=O. The molecule has 0 N–H and O–H groups in total. The maximum absolute atomic E-state index is 12.0. The van der Waals surface area contributed by atoms with Gasteiger partial charge in [0.1, 0.15) is 5.75 Å². The summed E-state index contributed by atoms with van der Waals surface area (Å²) >= 11 is 5.22. The third-order valence-electron chi connectivity index (χ3n) is 3.58. The number of Topliss-reactive ketones (excluding diaryl/α,β-unsaturated/α-hetero) is 1. The fourth-order valence-corrected chi connectivity index (χ4v) is 2.67. The number of hydrogen-bond acceptors (Lipinski definition) is 3. The first-order valence-electron chi connectivity index (χ1n) is 7.11. The van der Waals surface area contributed by atoms with Crippen molar-refractivity contribution in [3.8, 4) is 5.75 Å². The molecule has 0 saturated carbocycles. The van der Waals surface area contributed by atoms with Gasteiger partial charge in [0.2, 0.25) is 0 Å². The van der Waals surface area contributed by atoms with Crippen molar-refractivity contribution in [2.24, 2.45) is 0 Å². The third kappa shape index (κ3) is 3.01. The molecule has 0 aromatic heterocycles. The highest BCUT2D eigenvalue weighted by molar-refractivity contribution is 7.80. The van der Waals surface area contributed by atoms with Crippen molar-refractivity contribution < 1.29 is 9.53 Å². The molecule has 0 fully saturated rings. The fraction of sp³-hybridized carbons (Fsp3) is 0.500. The van der Waals surface area contributed by atoms with Gasteiger partial charge in [-0.3, -0.25) is 4.79 Å². The minimum Gasteiger partial charge on any atom is -0.431 e. The van der Waals surface area contributed by atoms with Crippen LogP contribution in [0.4, 0.5) is 0 Å². The van der Waals surface area contributed by atoms with Crippen LogP contribution < -0.4 is 4.74 Å². The quantitative estimate of drug-likeness (QED) is 0.799. The van der Waals surface area contributed by atoms with Crippen molar-refractivity contribution in [3.63, 3.8) is 0 Å². The Bertz CT molecular complexity index is 538. The van der Waals surface area contributed by atoms with Crippen molar-refractivity contribution in [2.75, 3.05) is 14.1 Å². The van der Waals surface area contributed by atoms with Gasteiger partial charge in [0.05, 0.1) is 0 Å². The van der Waals surface area contributed by atoms with Crippen molar-refractivity contribution in [1.29, 1.82) is 0 Å². The lowest BCUT2D eigenvalue weighted by molar-refractivity contribution is 0.0972. The topological polar surface area (TPSA) is 29.5 Å². The number of carbonyl (C=O) groups is 1. The van der Waals surface area contributed by atoms with Crippen LogP contribution >= 0.6 is 12.2 Å². The number of rotatable bonds is 3. The van der Waals surface area contributed by atoms with Gasteiger partial charge in [-0.1, -0.05) is 13.3 Å². The van der Waals surface area contributed by atoms with E-state index >= 15 is 0 Å². The summed E-state index contributed by atoms with van der Waals surface area (Å²) in [4.78, 5) is 13.8. The second-order valence-corrected chi connectivity index (χ2v) is 5.71. The van der Waals surface area contributed by atoms with Gasteiger partial charge in [0.15, 0.2) is 5.78 Å². The van der Waals surface area contributed by atoms with Gasteiger partial charge in [-0.15, -0.1) is 0 Å². The summed E-state index contributed by atoms with van der Waals surface area (Å²) in [5.41, 5.74) is 3.20. The number of ether oxygens (including phenoxy) is 1. The molecule has 1 aromatic rings.